The van der Waals surface area contributed by atoms with Crippen LogP contribution in [0.3, 0.4) is 0 Å². The molecule has 1 unspecified atom stereocenters. The van der Waals surface area contributed by atoms with Crippen molar-refractivity contribution in [2.75, 3.05) is 19.6 Å². The van der Waals surface area contributed by atoms with Gasteiger partial charge < -0.3 is 9.88 Å². The van der Waals surface area contributed by atoms with Gasteiger partial charge in [0.15, 0.2) is 0 Å². The molecule has 1 atom stereocenters. The Hall–Kier alpha value is -0.880. The van der Waals surface area contributed by atoms with E-state index in [1.807, 2.05) is 30.1 Å². The van der Waals surface area contributed by atoms with Crippen LogP contribution >= 0.6 is 23.7 Å². The molecule has 1 fully saturated rings. The Morgan fingerprint density at radius 3 is 3.16 bits per heavy atom. The van der Waals surface area contributed by atoms with E-state index in [1.165, 1.54) is 10.6 Å². The summed E-state index contributed by atoms with van der Waals surface area (Å²) in [6.07, 6.45) is 5.65. The minimum Gasteiger partial charge on any atom is -0.314 e. The van der Waals surface area contributed by atoms with E-state index in [1.54, 1.807) is 0 Å². The van der Waals surface area contributed by atoms with Gasteiger partial charge in [-0.3, -0.25) is 4.90 Å². The van der Waals surface area contributed by atoms with Crippen molar-refractivity contribution in [3.8, 4) is 5.69 Å². The number of nitrogens with zero attached hydrogens (tertiary/aromatic N) is 3. The van der Waals surface area contributed by atoms with Crippen LogP contribution in [-0.4, -0.2) is 40.1 Å². The molecule has 6 heteroatoms. The fraction of sp³-hybridized carbons (Fsp3) is 0.462. The molecule has 104 valence electrons. The lowest BCUT2D eigenvalue weighted by molar-refractivity contribution is 0.167. The Kier molecular flexibility index (Phi) is 4.99. The molecule has 2 aromatic heterocycles. The van der Waals surface area contributed by atoms with Crippen molar-refractivity contribution < 1.29 is 0 Å². The van der Waals surface area contributed by atoms with Gasteiger partial charge in [0.1, 0.15) is 0 Å². The molecule has 0 aliphatic carbocycles. The highest BCUT2D eigenvalue weighted by Crippen LogP contribution is 2.21. The van der Waals surface area contributed by atoms with E-state index >= 15 is 0 Å². The third-order valence-corrected chi connectivity index (χ3v) is 4.35. The van der Waals surface area contributed by atoms with Crippen LogP contribution in [0.15, 0.2) is 30.2 Å². The first-order valence-corrected chi connectivity index (χ1v) is 7.21. The van der Waals surface area contributed by atoms with Crippen LogP contribution in [0.1, 0.15) is 11.8 Å². The molecule has 19 heavy (non-hydrogen) atoms. The first-order valence-electron chi connectivity index (χ1n) is 6.33. The van der Waals surface area contributed by atoms with Crippen molar-refractivity contribution in [1.29, 1.82) is 0 Å². The van der Waals surface area contributed by atoms with Gasteiger partial charge in [-0.25, -0.2) is 4.98 Å². The quantitative estimate of drug-likeness (QED) is 0.942. The summed E-state index contributed by atoms with van der Waals surface area (Å²) in [5.74, 6) is 0. The highest BCUT2D eigenvalue weighted by Gasteiger charge is 2.18. The van der Waals surface area contributed by atoms with E-state index in [0.717, 1.165) is 26.2 Å². The molecule has 4 nitrogen and oxygen atoms in total. The molecule has 1 N–H and O–H groups in total. The van der Waals surface area contributed by atoms with Crippen LogP contribution in [0.4, 0.5) is 0 Å². The standard InChI is InChI=1S/C13H18N4S.ClH/c1-11-7-14-2-4-16(11)8-13-6-12(9-18-13)17-5-3-15-10-17;/h3,5-6,9-11,14H,2,4,7-8H2,1H3;1H. The zero-order valence-corrected chi connectivity index (χ0v) is 12.6. The highest BCUT2D eigenvalue weighted by atomic mass is 35.5. The van der Waals surface area contributed by atoms with E-state index in [4.69, 9.17) is 0 Å². The second-order valence-electron chi connectivity index (χ2n) is 4.76. The molecule has 1 aliphatic heterocycles. The summed E-state index contributed by atoms with van der Waals surface area (Å²) >= 11 is 1.83. The number of piperazine rings is 1. The average Bonchev–Trinajstić information content (AvgIpc) is 3.02. The summed E-state index contributed by atoms with van der Waals surface area (Å²) in [6.45, 7) is 6.68. The lowest BCUT2D eigenvalue weighted by atomic mass is 10.2. The van der Waals surface area contributed by atoms with Gasteiger partial charge in [-0.05, 0) is 13.0 Å². The fourth-order valence-corrected chi connectivity index (χ4v) is 3.21. The van der Waals surface area contributed by atoms with Crippen LogP contribution in [-0.2, 0) is 6.54 Å². The van der Waals surface area contributed by atoms with E-state index < -0.39 is 0 Å². The maximum absolute atomic E-state index is 4.08. The van der Waals surface area contributed by atoms with Crippen LogP contribution in [0.2, 0.25) is 0 Å². The monoisotopic (exact) mass is 298 g/mol. The van der Waals surface area contributed by atoms with Crippen LogP contribution in [0.25, 0.3) is 5.69 Å². The molecule has 1 saturated heterocycles. The average molecular weight is 299 g/mol. The number of hydrogen-bond donors (Lipinski definition) is 1. The third-order valence-electron chi connectivity index (χ3n) is 3.44. The topological polar surface area (TPSA) is 33.1 Å². The van der Waals surface area contributed by atoms with Crippen molar-refractivity contribution >= 4 is 23.7 Å². The predicted octanol–water partition coefficient (Wildman–Crippen LogP) is 2.15. The van der Waals surface area contributed by atoms with E-state index in [-0.39, 0.29) is 12.4 Å². The van der Waals surface area contributed by atoms with Crippen molar-refractivity contribution in [2.45, 2.75) is 19.5 Å². The van der Waals surface area contributed by atoms with Crippen LogP contribution in [0.5, 0.6) is 0 Å². The molecule has 0 saturated carbocycles. The first kappa shape index (κ1) is 14.5. The lowest BCUT2D eigenvalue weighted by Crippen LogP contribution is -2.49. The Morgan fingerprint density at radius 2 is 2.42 bits per heavy atom. The van der Waals surface area contributed by atoms with Crippen LogP contribution in [0, 0.1) is 0 Å². The van der Waals surface area contributed by atoms with E-state index in [2.05, 4.69) is 38.1 Å². The van der Waals surface area contributed by atoms with Crippen molar-refractivity contribution in [2.24, 2.45) is 0 Å². The molecule has 1 aliphatic rings. The molecular formula is C13H19ClN4S. The van der Waals surface area contributed by atoms with Crippen molar-refractivity contribution in [3.05, 3.63) is 35.0 Å². The summed E-state index contributed by atoms with van der Waals surface area (Å²) in [6, 6.07) is 2.89. The first-order chi connectivity index (χ1) is 8.83. The van der Waals surface area contributed by atoms with Gasteiger partial charge in [0.2, 0.25) is 0 Å². The number of hydrogen-bond acceptors (Lipinski definition) is 4. The molecule has 0 bridgehead atoms. The molecule has 0 aromatic carbocycles. The number of aromatic nitrogens is 2. The summed E-state index contributed by atoms with van der Waals surface area (Å²) in [5.41, 5.74) is 1.22. The fourth-order valence-electron chi connectivity index (χ4n) is 2.32. The van der Waals surface area contributed by atoms with Gasteiger partial charge in [0, 0.05) is 54.9 Å². The minimum absolute atomic E-state index is 0. The summed E-state index contributed by atoms with van der Waals surface area (Å²) < 4.78 is 2.06. The number of imidazole rings is 1. The van der Waals surface area contributed by atoms with E-state index in [9.17, 15) is 0 Å². The number of rotatable bonds is 3. The van der Waals surface area contributed by atoms with Crippen molar-refractivity contribution in [3.63, 3.8) is 0 Å². The summed E-state index contributed by atoms with van der Waals surface area (Å²) in [4.78, 5) is 8.05. The van der Waals surface area contributed by atoms with Gasteiger partial charge >= 0.3 is 0 Å². The molecule has 0 radical (unpaired) electrons. The maximum Gasteiger partial charge on any atom is 0.0991 e. The smallest absolute Gasteiger partial charge is 0.0991 e. The van der Waals surface area contributed by atoms with Gasteiger partial charge in [0.25, 0.3) is 0 Å². The summed E-state index contributed by atoms with van der Waals surface area (Å²) in [7, 11) is 0. The predicted molar refractivity (Wildman–Crippen MR) is 81.4 cm³/mol. The Balaban J connectivity index is 0.00000133. The SMILES string of the molecule is CC1CNCCN1Cc1cc(-n2ccnc2)cs1.Cl. The lowest BCUT2D eigenvalue weighted by Gasteiger charge is -2.33. The van der Waals surface area contributed by atoms with Gasteiger partial charge in [-0.15, -0.1) is 23.7 Å². The largest absolute Gasteiger partial charge is 0.314 e. The normalized spacial score (nSPS) is 20.2. The zero-order chi connectivity index (χ0) is 12.4. The number of nitrogens with one attached hydrogen (secondary N) is 1. The van der Waals surface area contributed by atoms with Gasteiger partial charge in [-0.2, -0.15) is 0 Å². The highest BCUT2D eigenvalue weighted by molar-refractivity contribution is 7.10. The molecule has 0 amide bonds. The van der Waals surface area contributed by atoms with E-state index in [0.29, 0.717) is 6.04 Å². The third kappa shape index (κ3) is 3.36. The molecule has 2 aromatic rings. The van der Waals surface area contributed by atoms with Crippen LogP contribution < -0.4 is 5.32 Å². The number of halogens is 1. The zero-order valence-electron chi connectivity index (χ0n) is 11.0. The summed E-state index contributed by atoms with van der Waals surface area (Å²) in [5, 5.41) is 5.63. The maximum atomic E-state index is 4.08. The minimum atomic E-state index is 0. The molecular weight excluding hydrogens is 280 g/mol. The van der Waals surface area contributed by atoms with Gasteiger partial charge in [0.05, 0.1) is 12.0 Å². The van der Waals surface area contributed by atoms with Crippen molar-refractivity contribution in [1.82, 2.24) is 19.8 Å². The second-order valence-corrected chi connectivity index (χ2v) is 5.76. The Bertz CT molecular complexity index is 496. The number of thiophene rings is 1. The van der Waals surface area contributed by atoms with Gasteiger partial charge in [-0.1, -0.05) is 0 Å². The molecule has 3 rings (SSSR count). The second kappa shape index (κ2) is 6.52. The Labute approximate surface area is 123 Å². The Morgan fingerprint density at radius 1 is 1.53 bits per heavy atom. The molecule has 0 spiro atoms. The molecule has 3 heterocycles.